The van der Waals surface area contributed by atoms with Crippen LogP contribution in [0, 0.1) is 5.92 Å². The van der Waals surface area contributed by atoms with Gasteiger partial charge in [-0.05, 0) is 18.8 Å². The zero-order valence-corrected chi connectivity index (χ0v) is 4.89. The lowest BCUT2D eigenvalue weighted by atomic mass is 9.82. The molecule has 0 aromatic heterocycles. The maximum atomic E-state index is 4.85. The molecule has 0 atom stereocenters. The molecule has 0 amide bonds. The largest absolute Gasteiger partial charge is 0.304 e. The first-order valence-electron chi connectivity index (χ1n) is 2.81. The molecule has 0 heterocycles. The smallest absolute Gasteiger partial charge is 0.0713 e. The Morgan fingerprint density at radius 1 is 1.75 bits per heavy atom. The predicted molar refractivity (Wildman–Crippen MR) is 32.0 cm³/mol. The molecule has 8 heavy (non-hydrogen) atoms. The van der Waals surface area contributed by atoms with Crippen LogP contribution in [0.5, 0.6) is 0 Å². The van der Waals surface area contributed by atoms with E-state index in [1.165, 1.54) is 5.57 Å². The highest BCUT2D eigenvalue weighted by atomic mass is 16.6. The number of nitrogens with two attached hydrogens (primary N) is 1. The summed E-state index contributed by atoms with van der Waals surface area (Å²) >= 11 is 0. The van der Waals surface area contributed by atoms with Crippen LogP contribution < -0.4 is 5.90 Å². The second-order valence-electron chi connectivity index (χ2n) is 2.36. The number of hydrogen-bond acceptors (Lipinski definition) is 2. The lowest BCUT2D eigenvalue weighted by molar-refractivity contribution is 0.0878. The third-order valence-corrected chi connectivity index (χ3v) is 1.49. The fourth-order valence-corrected chi connectivity index (χ4v) is 1.01. The van der Waals surface area contributed by atoms with Gasteiger partial charge in [-0.3, -0.25) is 0 Å². The van der Waals surface area contributed by atoms with Crippen molar-refractivity contribution < 1.29 is 4.84 Å². The van der Waals surface area contributed by atoms with E-state index in [-0.39, 0.29) is 0 Å². The molecule has 0 aromatic rings. The van der Waals surface area contributed by atoms with Gasteiger partial charge in [-0.25, -0.2) is 5.90 Å². The molecule has 46 valence electrons. The lowest BCUT2D eigenvalue weighted by Crippen LogP contribution is -2.21. The average Bonchev–Trinajstić information content (AvgIpc) is 1.64. The van der Waals surface area contributed by atoms with Gasteiger partial charge < -0.3 is 4.84 Å². The molecule has 1 rings (SSSR count). The summed E-state index contributed by atoms with van der Waals surface area (Å²) < 4.78 is 0. The highest BCUT2D eigenvalue weighted by Gasteiger charge is 2.20. The normalized spacial score (nSPS) is 20.9. The fraction of sp³-hybridized carbons (Fsp3) is 0.667. The van der Waals surface area contributed by atoms with Crippen LogP contribution in [0.2, 0.25) is 0 Å². The van der Waals surface area contributed by atoms with E-state index in [1.807, 2.05) is 0 Å². The van der Waals surface area contributed by atoms with Crippen molar-refractivity contribution in [2.75, 3.05) is 6.61 Å². The first-order chi connectivity index (χ1) is 3.83. The summed E-state index contributed by atoms with van der Waals surface area (Å²) in [7, 11) is 0. The molecule has 0 unspecified atom stereocenters. The standard InChI is InChI=1S/C6H11NO/c1-5-2-6(3-5)4-8-7/h6H,1-4,7H2. The Hall–Kier alpha value is -0.340. The van der Waals surface area contributed by atoms with Crippen LogP contribution in [0.4, 0.5) is 0 Å². The van der Waals surface area contributed by atoms with Gasteiger partial charge in [-0.15, -0.1) is 0 Å². The van der Waals surface area contributed by atoms with Crippen LogP contribution in [-0.4, -0.2) is 6.61 Å². The van der Waals surface area contributed by atoms with Crippen molar-refractivity contribution in [1.29, 1.82) is 0 Å². The molecule has 0 saturated heterocycles. The lowest BCUT2D eigenvalue weighted by Gasteiger charge is -2.26. The molecule has 0 aromatic carbocycles. The van der Waals surface area contributed by atoms with Gasteiger partial charge in [0.2, 0.25) is 0 Å². The fourth-order valence-electron chi connectivity index (χ4n) is 1.01. The van der Waals surface area contributed by atoms with Crippen molar-refractivity contribution >= 4 is 0 Å². The zero-order valence-electron chi connectivity index (χ0n) is 4.89. The Bertz CT molecular complexity index is 92.7. The Kier molecular flexibility index (Phi) is 1.65. The van der Waals surface area contributed by atoms with Gasteiger partial charge in [0.15, 0.2) is 0 Å². The van der Waals surface area contributed by atoms with E-state index in [9.17, 15) is 0 Å². The van der Waals surface area contributed by atoms with Gasteiger partial charge in [-0.1, -0.05) is 12.2 Å². The first-order valence-corrected chi connectivity index (χ1v) is 2.81. The van der Waals surface area contributed by atoms with Gasteiger partial charge in [0.05, 0.1) is 6.61 Å². The molecular weight excluding hydrogens is 102 g/mol. The van der Waals surface area contributed by atoms with E-state index in [0.29, 0.717) is 12.5 Å². The minimum atomic E-state index is 0.660. The molecule has 2 nitrogen and oxygen atoms in total. The van der Waals surface area contributed by atoms with E-state index in [2.05, 4.69) is 11.4 Å². The summed E-state index contributed by atoms with van der Waals surface area (Å²) in [5.74, 6) is 5.51. The van der Waals surface area contributed by atoms with Crippen molar-refractivity contribution in [3.63, 3.8) is 0 Å². The summed E-state index contributed by atoms with van der Waals surface area (Å²) in [6.45, 7) is 4.49. The van der Waals surface area contributed by atoms with Crippen molar-refractivity contribution in [3.8, 4) is 0 Å². The van der Waals surface area contributed by atoms with Crippen molar-refractivity contribution in [3.05, 3.63) is 12.2 Å². The second kappa shape index (κ2) is 2.29. The SMILES string of the molecule is C=C1CC(CON)C1. The van der Waals surface area contributed by atoms with Gasteiger partial charge in [0.1, 0.15) is 0 Å². The van der Waals surface area contributed by atoms with Crippen LogP contribution in [0.3, 0.4) is 0 Å². The van der Waals surface area contributed by atoms with E-state index < -0.39 is 0 Å². The Morgan fingerprint density at radius 2 is 2.38 bits per heavy atom. The summed E-state index contributed by atoms with van der Waals surface area (Å²) in [5, 5.41) is 0. The van der Waals surface area contributed by atoms with Crippen LogP contribution in [0.25, 0.3) is 0 Å². The molecule has 1 saturated carbocycles. The Balaban J connectivity index is 2.06. The van der Waals surface area contributed by atoms with Crippen LogP contribution in [0.15, 0.2) is 12.2 Å². The third-order valence-electron chi connectivity index (χ3n) is 1.49. The van der Waals surface area contributed by atoms with Crippen molar-refractivity contribution in [2.45, 2.75) is 12.8 Å². The molecule has 0 spiro atoms. The van der Waals surface area contributed by atoms with E-state index in [4.69, 9.17) is 5.90 Å². The topological polar surface area (TPSA) is 35.2 Å². The minimum absolute atomic E-state index is 0.660. The Morgan fingerprint density at radius 3 is 2.75 bits per heavy atom. The number of hydrogen-bond donors (Lipinski definition) is 1. The van der Waals surface area contributed by atoms with Crippen LogP contribution >= 0.6 is 0 Å². The van der Waals surface area contributed by atoms with Crippen molar-refractivity contribution in [1.82, 2.24) is 0 Å². The molecule has 0 aliphatic heterocycles. The monoisotopic (exact) mass is 113 g/mol. The highest BCUT2D eigenvalue weighted by Crippen LogP contribution is 2.30. The van der Waals surface area contributed by atoms with Gasteiger partial charge in [0, 0.05) is 0 Å². The van der Waals surface area contributed by atoms with Gasteiger partial charge in [0.25, 0.3) is 0 Å². The maximum absolute atomic E-state index is 4.85. The van der Waals surface area contributed by atoms with E-state index in [1.54, 1.807) is 0 Å². The Labute approximate surface area is 49.3 Å². The first kappa shape index (κ1) is 5.79. The maximum Gasteiger partial charge on any atom is 0.0713 e. The van der Waals surface area contributed by atoms with Crippen LogP contribution in [0.1, 0.15) is 12.8 Å². The second-order valence-corrected chi connectivity index (χ2v) is 2.36. The molecular formula is C6H11NO. The third kappa shape index (κ3) is 1.08. The quantitative estimate of drug-likeness (QED) is 0.425. The summed E-state index contributed by atoms with van der Waals surface area (Å²) in [6.07, 6.45) is 2.22. The molecule has 0 bridgehead atoms. The number of allylic oxidation sites excluding steroid dienone is 1. The minimum Gasteiger partial charge on any atom is -0.304 e. The van der Waals surface area contributed by atoms with Gasteiger partial charge in [-0.2, -0.15) is 0 Å². The predicted octanol–water partition coefficient (Wildman–Crippen LogP) is 0.843. The molecule has 2 heteroatoms. The van der Waals surface area contributed by atoms with Crippen molar-refractivity contribution in [2.24, 2.45) is 11.8 Å². The highest BCUT2D eigenvalue weighted by molar-refractivity contribution is 5.07. The summed E-state index contributed by atoms with van der Waals surface area (Å²) in [6, 6.07) is 0. The molecule has 0 radical (unpaired) electrons. The molecule has 1 fully saturated rings. The molecule has 1 aliphatic carbocycles. The summed E-state index contributed by atoms with van der Waals surface area (Å²) in [4.78, 5) is 4.45. The van der Waals surface area contributed by atoms with Gasteiger partial charge >= 0.3 is 0 Å². The molecule has 2 N–H and O–H groups in total. The average molecular weight is 113 g/mol. The number of rotatable bonds is 2. The van der Waals surface area contributed by atoms with Crippen LogP contribution in [-0.2, 0) is 4.84 Å². The van der Waals surface area contributed by atoms with E-state index in [0.717, 1.165) is 12.8 Å². The zero-order chi connectivity index (χ0) is 5.98. The molecule has 1 aliphatic rings. The van der Waals surface area contributed by atoms with E-state index >= 15 is 0 Å². The summed E-state index contributed by atoms with van der Waals surface area (Å²) in [5.41, 5.74) is 1.33.